The van der Waals surface area contributed by atoms with Gasteiger partial charge < -0.3 is 10.1 Å². The molecule has 0 saturated carbocycles. The van der Waals surface area contributed by atoms with E-state index in [2.05, 4.69) is 5.32 Å². The molecule has 0 fully saturated rings. The Hall–Kier alpha value is -0.570. The third-order valence-electron chi connectivity index (χ3n) is 1.38. The molecule has 0 aliphatic heterocycles. The molecule has 0 aromatic heterocycles. The summed E-state index contributed by atoms with van der Waals surface area (Å²) in [5, 5.41) is 3.06. The van der Waals surface area contributed by atoms with Gasteiger partial charge in [0.25, 0.3) is 0 Å². The number of unbranched alkanes of at least 4 members (excludes halogenated alkanes) is 2. The summed E-state index contributed by atoms with van der Waals surface area (Å²) < 4.78 is 4.76. The van der Waals surface area contributed by atoms with Crippen LogP contribution in [0.3, 0.4) is 0 Å². The average Bonchev–Trinajstić information content (AvgIpc) is 1.96. The van der Waals surface area contributed by atoms with Gasteiger partial charge in [0.2, 0.25) is 0 Å². The van der Waals surface area contributed by atoms with Gasteiger partial charge in [-0.1, -0.05) is 0 Å². The fourth-order valence-electron chi connectivity index (χ4n) is 0.797. The van der Waals surface area contributed by atoms with Crippen molar-refractivity contribution in [1.29, 1.82) is 0 Å². The molecule has 0 aromatic carbocycles. The fourth-order valence-corrected chi connectivity index (χ4v) is 0.797. The number of ether oxygens (including phenoxy) is 1. The van der Waals surface area contributed by atoms with E-state index in [-0.39, 0.29) is 5.97 Å². The van der Waals surface area contributed by atoms with E-state index in [1.54, 1.807) is 0 Å². The van der Waals surface area contributed by atoms with Crippen LogP contribution < -0.4 is 5.32 Å². The van der Waals surface area contributed by atoms with Crippen molar-refractivity contribution in [2.45, 2.75) is 26.2 Å². The summed E-state index contributed by atoms with van der Waals surface area (Å²) in [7, 11) is 1.94. The summed E-state index contributed by atoms with van der Waals surface area (Å²) in [5.41, 5.74) is 0. The summed E-state index contributed by atoms with van der Waals surface area (Å²) in [5.74, 6) is -0.182. The molecule has 0 heterocycles. The molecule has 0 spiro atoms. The maximum atomic E-state index is 10.3. The smallest absolute Gasteiger partial charge is 0.302 e. The van der Waals surface area contributed by atoms with Gasteiger partial charge in [-0.05, 0) is 32.9 Å². The van der Waals surface area contributed by atoms with Crippen LogP contribution in [0.2, 0.25) is 0 Å². The van der Waals surface area contributed by atoms with Crippen LogP contribution in [0, 0.1) is 0 Å². The molecule has 3 nitrogen and oxygen atoms in total. The van der Waals surface area contributed by atoms with Crippen molar-refractivity contribution in [1.82, 2.24) is 5.32 Å². The molecule has 11 heavy (non-hydrogen) atoms. The van der Waals surface area contributed by atoms with Crippen molar-refractivity contribution in [2.24, 2.45) is 0 Å². The highest BCUT2D eigenvalue weighted by Crippen LogP contribution is 1.94. The van der Waals surface area contributed by atoms with E-state index in [1.165, 1.54) is 6.92 Å². The van der Waals surface area contributed by atoms with Crippen LogP contribution in [0.5, 0.6) is 0 Å². The van der Waals surface area contributed by atoms with Gasteiger partial charge in [0, 0.05) is 6.92 Å². The second kappa shape index (κ2) is 7.54. The molecular weight excluding hydrogens is 142 g/mol. The normalized spacial score (nSPS) is 9.64. The molecule has 0 bridgehead atoms. The highest BCUT2D eigenvalue weighted by Gasteiger charge is 1.91. The summed E-state index contributed by atoms with van der Waals surface area (Å²) >= 11 is 0. The van der Waals surface area contributed by atoms with Crippen molar-refractivity contribution >= 4 is 5.97 Å². The average molecular weight is 159 g/mol. The first-order valence-corrected chi connectivity index (χ1v) is 4.05. The van der Waals surface area contributed by atoms with E-state index in [1.807, 2.05) is 7.05 Å². The Morgan fingerprint density at radius 1 is 1.36 bits per heavy atom. The molecule has 3 heteroatoms. The van der Waals surface area contributed by atoms with E-state index in [4.69, 9.17) is 4.74 Å². The van der Waals surface area contributed by atoms with Gasteiger partial charge in [0.05, 0.1) is 6.61 Å². The molecular formula is C8H17NO2. The molecule has 0 amide bonds. The molecule has 0 unspecified atom stereocenters. The first-order valence-electron chi connectivity index (χ1n) is 4.05. The number of rotatable bonds is 6. The van der Waals surface area contributed by atoms with E-state index in [9.17, 15) is 4.79 Å². The molecule has 0 aromatic rings. The number of esters is 1. The maximum Gasteiger partial charge on any atom is 0.302 e. The molecule has 0 radical (unpaired) electrons. The highest BCUT2D eigenvalue weighted by molar-refractivity contribution is 5.65. The largest absolute Gasteiger partial charge is 0.466 e. The monoisotopic (exact) mass is 159 g/mol. The van der Waals surface area contributed by atoms with Gasteiger partial charge >= 0.3 is 5.97 Å². The third-order valence-corrected chi connectivity index (χ3v) is 1.38. The first-order chi connectivity index (χ1) is 5.27. The maximum absolute atomic E-state index is 10.3. The van der Waals surface area contributed by atoms with Crippen LogP contribution in [0.25, 0.3) is 0 Å². The van der Waals surface area contributed by atoms with Gasteiger partial charge in [-0.2, -0.15) is 0 Å². The Morgan fingerprint density at radius 2 is 2.09 bits per heavy atom. The second-order valence-electron chi connectivity index (χ2n) is 2.50. The zero-order valence-electron chi connectivity index (χ0n) is 7.35. The van der Waals surface area contributed by atoms with E-state index >= 15 is 0 Å². The number of hydrogen-bond donors (Lipinski definition) is 1. The van der Waals surface area contributed by atoms with Crippen LogP contribution in [0.1, 0.15) is 26.2 Å². The van der Waals surface area contributed by atoms with Crippen molar-refractivity contribution < 1.29 is 9.53 Å². The van der Waals surface area contributed by atoms with Crippen LogP contribution >= 0.6 is 0 Å². The minimum Gasteiger partial charge on any atom is -0.466 e. The van der Waals surface area contributed by atoms with Crippen molar-refractivity contribution in [3.05, 3.63) is 0 Å². The number of hydrogen-bond acceptors (Lipinski definition) is 3. The Kier molecular flexibility index (Phi) is 7.15. The Balaban J connectivity index is 2.85. The summed E-state index contributed by atoms with van der Waals surface area (Å²) in [6.45, 7) is 3.05. The second-order valence-corrected chi connectivity index (χ2v) is 2.50. The van der Waals surface area contributed by atoms with Crippen molar-refractivity contribution in [3.8, 4) is 0 Å². The zero-order chi connectivity index (χ0) is 8.53. The van der Waals surface area contributed by atoms with Crippen molar-refractivity contribution in [2.75, 3.05) is 20.2 Å². The van der Waals surface area contributed by atoms with Gasteiger partial charge in [0.1, 0.15) is 0 Å². The third kappa shape index (κ3) is 9.43. The van der Waals surface area contributed by atoms with Crippen LogP contribution in [0.4, 0.5) is 0 Å². The van der Waals surface area contributed by atoms with Gasteiger partial charge in [-0.25, -0.2) is 0 Å². The molecule has 0 aliphatic rings. The standard InChI is InChI=1S/C8H17NO2/c1-8(10)11-7-5-3-4-6-9-2/h9H,3-7H2,1-2H3. The molecule has 66 valence electrons. The predicted molar refractivity (Wildman–Crippen MR) is 44.4 cm³/mol. The number of nitrogens with one attached hydrogen (secondary N) is 1. The lowest BCUT2D eigenvalue weighted by Crippen LogP contribution is -2.08. The van der Waals surface area contributed by atoms with E-state index in [0.717, 1.165) is 25.8 Å². The Bertz CT molecular complexity index is 104. The first kappa shape index (κ1) is 10.4. The van der Waals surface area contributed by atoms with Gasteiger partial charge in [-0.15, -0.1) is 0 Å². The minimum absolute atomic E-state index is 0.182. The van der Waals surface area contributed by atoms with E-state index < -0.39 is 0 Å². The van der Waals surface area contributed by atoms with Gasteiger partial charge in [-0.3, -0.25) is 4.79 Å². The predicted octanol–water partition coefficient (Wildman–Crippen LogP) is 0.939. The highest BCUT2D eigenvalue weighted by atomic mass is 16.5. The summed E-state index contributed by atoms with van der Waals surface area (Å²) in [6.07, 6.45) is 3.24. The lowest BCUT2D eigenvalue weighted by Gasteiger charge is -2.00. The topological polar surface area (TPSA) is 38.3 Å². The zero-order valence-corrected chi connectivity index (χ0v) is 7.35. The fraction of sp³-hybridized carbons (Fsp3) is 0.875. The van der Waals surface area contributed by atoms with Crippen LogP contribution in [-0.2, 0) is 9.53 Å². The SMILES string of the molecule is CNCCCCCOC(C)=O. The molecule has 0 rings (SSSR count). The van der Waals surface area contributed by atoms with Crippen molar-refractivity contribution in [3.63, 3.8) is 0 Å². The van der Waals surface area contributed by atoms with Crippen LogP contribution in [-0.4, -0.2) is 26.2 Å². The quantitative estimate of drug-likeness (QED) is 0.463. The minimum atomic E-state index is -0.182. The molecule has 0 saturated heterocycles. The summed E-state index contributed by atoms with van der Waals surface area (Å²) in [6, 6.07) is 0. The summed E-state index contributed by atoms with van der Waals surface area (Å²) in [4.78, 5) is 10.3. The molecule has 0 atom stereocenters. The van der Waals surface area contributed by atoms with Gasteiger partial charge in [0.15, 0.2) is 0 Å². The lowest BCUT2D eigenvalue weighted by molar-refractivity contribution is -0.141. The molecule has 0 aliphatic carbocycles. The number of carbonyl (C=O) groups excluding carboxylic acids is 1. The number of carbonyl (C=O) groups is 1. The van der Waals surface area contributed by atoms with Crippen LogP contribution in [0.15, 0.2) is 0 Å². The lowest BCUT2D eigenvalue weighted by atomic mass is 10.2. The molecule has 1 N–H and O–H groups in total. The Labute approximate surface area is 68.1 Å². The van der Waals surface area contributed by atoms with E-state index in [0.29, 0.717) is 6.61 Å². The Morgan fingerprint density at radius 3 is 2.64 bits per heavy atom.